The van der Waals surface area contributed by atoms with Gasteiger partial charge in [-0.25, -0.2) is 13.1 Å². The topological polar surface area (TPSA) is 46.2 Å². The molecule has 0 bridgehead atoms. The molecule has 126 valence electrons. The van der Waals surface area contributed by atoms with Gasteiger partial charge in [0.25, 0.3) is 0 Å². The van der Waals surface area contributed by atoms with Crippen molar-refractivity contribution in [2.45, 2.75) is 19.4 Å². The molecule has 1 N–H and O–H groups in total. The number of aryl methyl sites for hydroxylation is 1. The van der Waals surface area contributed by atoms with Gasteiger partial charge in [0.1, 0.15) is 0 Å². The molecule has 0 fully saturated rings. The predicted octanol–water partition coefficient (Wildman–Crippen LogP) is 4.25. The Morgan fingerprint density at radius 1 is 0.840 bits per heavy atom. The van der Waals surface area contributed by atoms with E-state index in [1.807, 2.05) is 60.7 Å². The smallest absolute Gasteiger partial charge is 0.207 e. The zero-order chi connectivity index (χ0) is 17.3. The summed E-state index contributed by atoms with van der Waals surface area (Å²) in [7, 11) is -3.47. The number of hydrogen-bond donors (Lipinski definition) is 1. The maximum Gasteiger partial charge on any atom is 0.237 e. The number of benzene rings is 3. The van der Waals surface area contributed by atoms with Crippen LogP contribution < -0.4 is 4.72 Å². The van der Waals surface area contributed by atoms with E-state index in [4.69, 9.17) is 0 Å². The molecule has 0 aliphatic heterocycles. The fraction of sp³-hybridized carbons (Fsp3) is 0.143. The lowest BCUT2D eigenvalue weighted by Gasteiger charge is -2.17. The first-order valence-electron chi connectivity index (χ1n) is 8.38. The van der Waals surface area contributed by atoms with E-state index >= 15 is 0 Å². The van der Waals surface area contributed by atoms with E-state index in [1.165, 1.54) is 5.56 Å². The van der Waals surface area contributed by atoms with Gasteiger partial charge in [-0.1, -0.05) is 60.7 Å². The van der Waals surface area contributed by atoms with Gasteiger partial charge in [-0.2, -0.15) is 0 Å². The van der Waals surface area contributed by atoms with Crippen molar-refractivity contribution < 1.29 is 8.42 Å². The van der Waals surface area contributed by atoms with Crippen molar-refractivity contribution in [3.8, 4) is 0 Å². The molecule has 0 radical (unpaired) electrons. The van der Waals surface area contributed by atoms with Crippen molar-refractivity contribution in [2.75, 3.05) is 0 Å². The Balaban J connectivity index is 1.54. The van der Waals surface area contributed by atoms with Gasteiger partial charge in [0.05, 0.1) is 4.91 Å². The van der Waals surface area contributed by atoms with Crippen LogP contribution in [0, 0.1) is 0 Å². The molecule has 0 saturated carbocycles. The van der Waals surface area contributed by atoms with Gasteiger partial charge in [0.2, 0.25) is 10.0 Å². The summed E-state index contributed by atoms with van der Waals surface area (Å²) < 4.78 is 28.1. The molecule has 0 aromatic heterocycles. The van der Waals surface area contributed by atoms with Crippen molar-refractivity contribution >= 4 is 26.9 Å². The quantitative estimate of drug-likeness (QED) is 0.765. The fourth-order valence-electron chi connectivity index (χ4n) is 3.24. The van der Waals surface area contributed by atoms with E-state index in [2.05, 4.69) is 10.8 Å². The first-order chi connectivity index (χ1) is 12.1. The Labute approximate surface area is 148 Å². The highest BCUT2D eigenvalue weighted by Crippen LogP contribution is 2.26. The Hall–Kier alpha value is -2.43. The first kappa shape index (κ1) is 16.1. The van der Waals surface area contributed by atoms with Crippen molar-refractivity contribution in [1.82, 2.24) is 4.72 Å². The minimum Gasteiger partial charge on any atom is -0.207 e. The first-order valence-corrected chi connectivity index (χ1v) is 9.86. The summed E-state index contributed by atoms with van der Waals surface area (Å²) >= 11 is 0. The van der Waals surface area contributed by atoms with Gasteiger partial charge in [0, 0.05) is 6.54 Å². The molecule has 3 nitrogen and oxygen atoms in total. The summed E-state index contributed by atoms with van der Waals surface area (Å²) in [5.74, 6) is 0. The third-order valence-corrected chi connectivity index (χ3v) is 6.17. The van der Waals surface area contributed by atoms with Gasteiger partial charge in [0.15, 0.2) is 0 Å². The van der Waals surface area contributed by atoms with E-state index in [0.29, 0.717) is 17.9 Å². The second-order valence-electron chi connectivity index (χ2n) is 6.32. The maximum absolute atomic E-state index is 12.7. The predicted molar refractivity (Wildman–Crippen MR) is 102 cm³/mol. The molecule has 0 atom stereocenters. The van der Waals surface area contributed by atoms with Gasteiger partial charge in [-0.15, -0.1) is 0 Å². The summed E-state index contributed by atoms with van der Waals surface area (Å²) in [5, 5.41) is 2.27. The van der Waals surface area contributed by atoms with Gasteiger partial charge in [-0.3, -0.25) is 0 Å². The van der Waals surface area contributed by atoms with Gasteiger partial charge in [-0.05, 0) is 52.4 Å². The normalized spacial score (nSPS) is 14.2. The Bertz CT molecular complexity index is 1070. The standard InChI is InChI=1S/C21H19NO2S/c23-25(24,21-12-11-18-6-2-4-8-20(18)14-21)22-15-16-9-10-17-5-1-3-7-19(17)13-16/h1-10,13-14,22H,11-12,15H2. The lowest BCUT2D eigenvalue weighted by molar-refractivity contribution is 0.585. The summed E-state index contributed by atoms with van der Waals surface area (Å²) in [5.41, 5.74) is 3.16. The van der Waals surface area contributed by atoms with Crippen LogP contribution in [0.4, 0.5) is 0 Å². The summed E-state index contributed by atoms with van der Waals surface area (Å²) in [4.78, 5) is 0.465. The average Bonchev–Trinajstić information content (AvgIpc) is 2.66. The van der Waals surface area contributed by atoms with Gasteiger partial charge >= 0.3 is 0 Å². The molecule has 0 saturated heterocycles. The van der Waals surface area contributed by atoms with Crippen molar-refractivity contribution in [3.63, 3.8) is 0 Å². The minimum atomic E-state index is -3.47. The maximum atomic E-state index is 12.7. The zero-order valence-corrected chi connectivity index (χ0v) is 14.6. The fourth-order valence-corrected chi connectivity index (χ4v) is 4.43. The largest absolute Gasteiger partial charge is 0.237 e. The van der Waals surface area contributed by atoms with E-state index in [1.54, 1.807) is 6.08 Å². The lowest BCUT2D eigenvalue weighted by Crippen LogP contribution is -2.25. The van der Waals surface area contributed by atoms with E-state index in [9.17, 15) is 8.42 Å². The molecule has 4 heteroatoms. The number of hydrogen-bond acceptors (Lipinski definition) is 2. The van der Waals surface area contributed by atoms with E-state index < -0.39 is 10.0 Å². The zero-order valence-electron chi connectivity index (χ0n) is 13.8. The molecular weight excluding hydrogens is 330 g/mol. The highest BCUT2D eigenvalue weighted by molar-refractivity contribution is 7.93. The number of fused-ring (bicyclic) bond motifs is 2. The monoisotopic (exact) mass is 349 g/mol. The Morgan fingerprint density at radius 2 is 1.60 bits per heavy atom. The second kappa shape index (κ2) is 6.47. The third kappa shape index (κ3) is 3.36. The van der Waals surface area contributed by atoms with Crippen LogP contribution in [0.3, 0.4) is 0 Å². The molecule has 1 aliphatic rings. The summed E-state index contributed by atoms with van der Waals surface area (Å²) in [6, 6.07) is 22.0. The highest BCUT2D eigenvalue weighted by atomic mass is 32.2. The molecule has 25 heavy (non-hydrogen) atoms. The highest BCUT2D eigenvalue weighted by Gasteiger charge is 2.21. The Kier molecular flexibility index (Phi) is 4.15. The van der Waals surface area contributed by atoms with Gasteiger partial charge < -0.3 is 0 Å². The number of sulfonamides is 1. The van der Waals surface area contributed by atoms with Crippen LogP contribution in [0.15, 0.2) is 71.6 Å². The van der Waals surface area contributed by atoms with Crippen LogP contribution >= 0.6 is 0 Å². The van der Waals surface area contributed by atoms with Crippen LogP contribution in [0.2, 0.25) is 0 Å². The van der Waals surface area contributed by atoms with E-state index in [-0.39, 0.29) is 0 Å². The molecular formula is C21H19NO2S. The molecule has 0 heterocycles. The van der Waals surface area contributed by atoms with Crippen LogP contribution in [0.5, 0.6) is 0 Å². The molecule has 0 amide bonds. The minimum absolute atomic E-state index is 0.298. The SMILES string of the molecule is O=S(=O)(NCc1ccc2ccccc2c1)C1=Cc2ccccc2CC1. The van der Waals surface area contributed by atoms with Crippen LogP contribution in [-0.4, -0.2) is 8.42 Å². The summed E-state index contributed by atoms with van der Waals surface area (Å²) in [6.45, 7) is 0.298. The van der Waals surface area contributed by atoms with Crippen molar-refractivity contribution in [3.05, 3.63) is 88.3 Å². The number of allylic oxidation sites excluding steroid dienone is 1. The molecule has 1 aliphatic carbocycles. The lowest BCUT2D eigenvalue weighted by atomic mass is 9.98. The molecule has 3 aromatic rings. The molecule has 0 spiro atoms. The third-order valence-electron chi connectivity index (χ3n) is 4.64. The second-order valence-corrected chi connectivity index (χ2v) is 8.14. The number of nitrogens with one attached hydrogen (secondary N) is 1. The van der Waals surface area contributed by atoms with Crippen molar-refractivity contribution in [1.29, 1.82) is 0 Å². The van der Waals surface area contributed by atoms with Crippen LogP contribution in [0.25, 0.3) is 16.8 Å². The average molecular weight is 349 g/mol. The summed E-state index contributed by atoms with van der Waals surface area (Å²) in [6.07, 6.45) is 3.10. The van der Waals surface area contributed by atoms with Crippen LogP contribution in [-0.2, 0) is 23.0 Å². The molecule has 4 rings (SSSR count). The number of rotatable bonds is 4. The van der Waals surface area contributed by atoms with Crippen LogP contribution in [0.1, 0.15) is 23.1 Å². The van der Waals surface area contributed by atoms with Crippen molar-refractivity contribution in [2.24, 2.45) is 0 Å². The van der Waals surface area contributed by atoms with E-state index in [0.717, 1.165) is 28.3 Å². The molecule has 3 aromatic carbocycles. The Morgan fingerprint density at radius 3 is 2.48 bits per heavy atom. The molecule has 0 unspecified atom stereocenters.